The second-order valence-corrected chi connectivity index (χ2v) is 11.4. The van der Waals surface area contributed by atoms with Gasteiger partial charge in [0.1, 0.15) is 10.7 Å². The van der Waals surface area contributed by atoms with E-state index < -0.39 is 0 Å². The SMILES string of the molecule is O=C(N1CCN(Cc2nc3sc4c(c3c(=O)[nH]2)CCCC4)CC1)C1(c2ccc(Cl)cc2)CCC1. The highest BCUT2D eigenvalue weighted by Gasteiger charge is 2.47. The summed E-state index contributed by atoms with van der Waals surface area (Å²) >= 11 is 7.77. The van der Waals surface area contributed by atoms with Crippen molar-refractivity contribution in [1.29, 1.82) is 0 Å². The van der Waals surface area contributed by atoms with Gasteiger partial charge in [-0.2, -0.15) is 0 Å². The molecule has 0 unspecified atom stereocenters. The first-order valence-corrected chi connectivity index (χ1v) is 13.5. The molecule has 0 atom stereocenters. The maximum atomic E-state index is 13.6. The van der Waals surface area contributed by atoms with E-state index in [-0.39, 0.29) is 16.9 Å². The number of piperazine rings is 1. The van der Waals surface area contributed by atoms with E-state index in [9.17, 15) is 9.59 Å². The van der Waals surface area contributed by atoms with Crippen molar-refractivity contribution in [2.45, 2.75) is 56.9 Å². The first-order valence-electron chi connectivity index (χ1n) is 12.3. The molecule has 2 aromatic heterocycles. The predicted molar refractivity (Wildman–Crippen MR) is 136 cm³/mol. The number of halogens is 1. The van der Waals surface area contributed by atoms with Crippen LogP contribution in [0.2, 0.25) is 5.02 Å². The van der Waals surface area contributed by atoms with Crippen molar-refractivity contribution in [3.05, 3.63) is 61.5 Å². The topological polar surface area (TPSA) is 69.3 Å². The number of carbonyl (C=O) groups excluding carboxylic acids is 1. The fourth-order valence-electron chi connectivity index (χ4n) is 5.83. The second-order valence-electron chi connectivity index (χ2n) is 9.91. The predicted octanol–water partition coefficient (Wildman–Crippen LogP) is 4.28. The molecular weight excluding hydrogens is 468 g/mol. The van der Waals surface area contributed by atoms with Gasteiger partial charge in [0.25, 0.3) is 5.56 Å². The van der Waals surface area contributed by atoms with Crippen LogP contribution < -0.4 is 5.56 Å². The Kier molecular flexibility index (Phi) is 5.74. The van der Waals surface area contributed by atoms with Gasteiger partial charge in [-0.25, -0.2) is 4.98 Å². The van der Waals surface area contributed by atoms with Crippen molar-refractivity contribution in [2.75, 3.05) is 26.2 Å². The average molecular weight is 497 g/mol. The standard InChI is InChI=1S/C26H29ClN4O2S/c27-18-8-6-17(7-9-18)26(10-3-11-26)25(33)31-14-12-30(13-15-31)16-21-28-23(32)22-19-4-1-2-5-20(19)34-24(22)29-21/h6-9H,1-5,10-16H2,(H,28,29,32). The van der Waals surface area contributed by atoms with E-state index in [1.165, 1.54) is 16.9 Å². The Hall–Kier alpha value is -2.22. The number of aryl methyl sites for hydroxylation is 2. The highest BCUT2D eigenvalue weighted by Crippen LogP contribution is 2.45. The minimum Gasteiger partial charge on any atom is -0.339 e. The maximum absolute atomic E-state index is 13.6. The number of amides is 1. The molecule has 34 heavy (non-hydrogen) atoms. The fourth-order valence-corrected chi connectivity index (χ4v) is 7.24. The van der Waals surface area contributed by atoms with Crippen molar-refractivity contribution in [3.63, 3.8) is 0 Å². The van der Waals surface area contributed by atoms with Crippen LogP contribution in [0.3, 0.4) is 0 Å². The van der Waals surface area contributed by atoms with Gasteiger partial charge in [-0.3, -0.25) is 14.5 Å². The lowest BCUT2D eigenvalue weighted by Gasteiger charge is -2.46. The molecular formula is C26H29ClN4O2S. The Bertz CT molecular complexity index is 1290. The van der Waals surface area contributed by atoms with Gasteiger partial charge in [0, 0.05) is 36.1 Å². The first kappa shape index (κ1) is 22.3. The van der Waals surface area contributed by atoms with Gasteiger partial charge < -0.3 is 9.88 Å². The van der Waals surface area contributed by atoms with E-state index in [4.69, 9.17) is 16.6 Å². The number of nitrogens with zero attached hydrogens (tertiary/aromatic N) is 3. The Morgan fingerprint density at radius 2 is 1.79 bits per heavy atom. The normalized spacial score (nSPS) is 20.2. The Morgan fingerprint density at radius 1 is 1.06 bits per heavy atom. The van der Waals surface area contributed by atoms with Crippen LogP contribution in [-0.4, -0.2) is 51.9 Å². The lowest BCUT2D eigenvalue weighted by atomic mass is 9.63. The first-order chi connectivity index (χ1) is 16.5. The number of H-pyrrole nitrogens is 1. The van der Waals surface area contributed by atoms with Crippen LogP contribution >= 0.6 is 22.9 Å². The van der Waals surface area contributed by atoms with Crippen LogP contribution in [-0.2, 0) is 29.6 Å². The van der Waals surface area contributed by atoms with Crippen LogP contribution in [0.1, 0.15) is 53.9 Å². The van der Waals surface area contributed by atoms with Gasteiger partial charge in [-0.15, -0.1) is 11.3 Å². The van der Waals surface area contributed by atoms with Crippen LogP contribution in [0.4, 0.5) is 0 Å². The van der Waals surface area contributed by atoms with Gasteiger partial charge in [-0.05, 0) is 61.8 Å². The van der Waals surface area contributed by atoms with Gasteiger partial charge in [0.15, 0.2) is 0 Å². The summed E-state index contributed by atoms with van der Waals surface area (Å²) in [6.45, 7) is 3.58. The molecule has 0 spiro atoms. The third-order valence-corrected chi connectivity index (χ3v) is 9.36. The molecule has 6 rings (SSSR count). The molecule has 178 valence electrons. The zero-order valence-electron chi connectivity index (χ0n) is 19.2. The van der Waals surface area contributed by atoms with E-state index in [0.717, 1.165) is 73.2 Å². The average Bonchev–Trinajstić information content (AvgIpc) is 3.19. The fraction of sp³-hybridized carbons (Fsp3) is 0.500. The number of fused-ring (bicyclic) bond motifs is 3. The largest absolute Gasteiger partial charge is 0.339 e. The number of benzene rings is 1. The zero-order chi connectivity index (χ0) is 23.3. The van der Waals surface area contributed by atoms with Gasteiger partial charge in [-0.1, -0.05) is 30.2 Å². The number of hydrogen-bond donors (Lipinski definition) is 1. The van der Waals surface area contributed by atoms with E-state index in [1.807, 2.05) is 29.2 Å². The third-order valence-electron chi connectivity index (χ3n) is 7.92. The van der Waals surface area contributed by atoms with E-state index >= 15 is 0 Å². The molecule has 3 heterocycles. The molecule has 1 amide bonds. The molecule has 1 saturated carbocycles. The molecule has 8 heteroatoms. The van der Waals surface area contributed by atoms with Crippen molar-refractivity contribution >= 4 is 39.1 Å². The van der Waals surface area contributed by atoms with Crippen molar-refractivity contribution in [1.82, 2.24) is 19.8 Å². The summed E-state index contributed by atoms with van der Waals surface area (Å²) < 4.78 is 0. The van der Waals surface area contributed by atoms with Gasteiger partial charge in [0.2, 0.25) is 5.91 Å². The Balaban J connectivity index is 1.14. The van der Waals surface area contributed by atoms with Crippen LogP contribution in [0.5, 0.6) is 0 Å². The molecule has 1 aromatic carbocycles. The number of aromatic nitrogens is 2. The molecule has 0 bridgehead atoms. The minimum absolute atomic E-state index is 0.00287. The molecule has 3 aliphatic rings. The quantitative estimate of drug-likeness (QED) is 0.585. The number of aromatic amines is 1. The summed E-state index contributed by atoms with van der Waals surface area (Å²) in [6.07, 6.45) is 7.32. The van der Waals surface area contributed by atoms with Crippen LogP contribution in [0.15, 0.2) is 29.1 Å². The highest BCUT2D eigenvalue weighted by molar-refractivity contribution is 7.18. The highest BCUT2D eigenvalue weighted by atomic mass is 35.5. The molecule has 1 N–H and O–H groups in total. The van der Waals surface area contributed by atoms with Gasteiger partial charge in [0.05, 0.1) is 17.3 Å². The Morgan fingerprint density at radius 3 is 2.50 bits per heavy atom. The summed E-state index contributed by atoms with van der Waals surface area (Å²) in [5, 5.41) is 1.51. The Labute approximate surface area is 207 Å². The third kappa shape index (κ3) is 3.78. The molecule has 1 saturated heterocycles. The summed E-state index contributed by atoms with van der Waals surface area (Å²) in [7, 11) is 0. The van der Waals surface area contributed by atoms with E-state index in [2.05, 4.69) is 9.88 Å². The van der Waals surface area contributed by atoms with Gasteiger partial charge >= 0.3 is 0 Å². The van der Waals surface area contributed by atoms with Crippen molar-refractivity contribution < 1.29 is 4.79 Å². The molecule has 3 aromatic rings. The van der Waals surface area contributed by atoms with E-state index in [0.29, 0.717) is 24.7 Å². The minimum atomic E-state index is -0.386. The molecule has 6 nitrogen and oxygen atoms in total. The smallest absolute Gasteiger partial charge is 0.259 e. The lowest BCUT2D eigenvalue weighted by molar-refractivity contribution is -0.142. The number of nitrogens with one attached hydrogen (secondary N) is 1. The molecule has 1 aliphatic heterocycles. The maximum Gasteiger partial charge on any atom is 0.259 e. The summed E-state index contributed by atoms with van der Waals surface area (Å²) in [4.78, 5) is 40.8. The second kappa shape index (κ2) is 8.77. The summed E-state index contributed by atoms with van der Waals surface area (Å²) in [5.41, 5.74) is 1.93. The number of thiophene rings is 1. The number of hydrogen-bond acceptors (Lipinski definition) is 5. The summed E-state index contributed by atoms with van der Waals surface area (Å²) in [5.74, 6) is 0.977. The monoisotopic (exact) mass is 496 g/mol. The lowest BCUT2D eigenvalue weighted by Crippen LogP contribution is -2.56. The van der Waals surface area contributed by atoms with Crippen molar-refractivity contribution in [3.8, 4) is 0 Å². The van der Waals surface area contributed by atoms with Crippen molar-refractivity contribution in [2.24, 2.45) is 0 Å². The molecule has 2 aliphatic carbocycles. The molecule has 2 fully saturated rings. The van der Waals surface area contributed by atoms with Crippen LogP contribution in [0.25, 0.3) is 10.2 Å². The zero-order valence-corrected chi connectivity index (χ0v) is 20.8. The molecule has 0 radical (unpaired) electrons. The van der Waals surface area contributed by atoms with E-state index in [1.54, 1.807) is 11.3 Å². The summed E-state index contributed by atoms with van der Waals surface area (Å²) in [6, 6.07) is 7.79. The number of rotatable bonds is 4. The van der Waals surface area contributed by atoms with Crippen LogP contribution in [0, 0.1) is 0 Å². The number of carbonyl (C=O) groups is 1.